The number of hydrogen-bond donors (Lipinski definition) is 1. The van der Waals surface area contributed by atoms with Crippen molar-refractivity contribution < 1.29 is 8.42 Å². The minimum atomic E-state index is -2.89. The van der Waals surface area contributed by atoms with Crippen LogP contribution in [0.5, 0.6) is 0 Å². The fourth-order valence-electron chi connectivity index (χ4n) is 1.58. The van der Waals surface area contributed by atoms with Gasteiger partial charge in [0.1, 0.15) is 0 Å². The maximum atomic E-state index is 11.7. The van der Waals surface area contributed by atoms with E-state index in [1.807, 2.05) is 30.3 Å². The molecular weight excluding hydrogens is 234 g/mol. The zero-order valence-electron chi connectivity index (χ0n) is 10.4. The minimum absolute atomic E-state index is 0.214. The largest absolute Gasteiger partial charge is 0.384 e. The topological polar surface area (TPSA) is 46.2 Å². The lowest BCUT2D eigenvalue weighted by atomic mass is 10.3. The number of benzene rings is 1. The molecule has 17 heavy (non-hydrogen) atoms. The molecule has 0 saturated carbocycles. The van der Waals surface area contributed by atoms with Crippen molar-refractivity contribution in [2.75, 3.05) is 23.4 Å². The van der Waals surface area contributed by atoms with Gasteiger partial charge in [-0.25, -0.2) is 8.42 Å². The lowest BCUT2D eigenvalue weighted by Gasteiger charge is -2.07. The normalized spacial score (nSPS) is 11.4. The molecule has 0 heterocycles. The molecule has 0 amide bonds. The van der Waals surface area contributed by atoms with Crippen LogP contribution >= 0.6 is 0 Å². The molecule has 0 aliphatic carbocycles. The summed E-state index contributed by atoms with van der Waals surface area (Å²) < 4.78 is 23.3. The Kier molecular flexibility index (Phi) is 6.05. The number of rotatable bonds is 8. The van der Waals surface area contributed by atoms with Gasteiger partial charge in [-0.1, -0.05) is 38.0 Å². The Morgan fingerprint density at radius 3 is 2.41 bits per heavy atom. The average molecular weight is 255 g/mol. The molecule has 3 nitrogen and oxygen atoms in total. The number of sulfone groups is 1. The van der Waals surface area contributed by atoms with E-state index in [1.54, 1.807) is 0 Å². The van der Waals surface area contributed by atoms with E-state index in [1.165, 1.54) is 0 Å². The number of unbranched alkanes of at least 4 members (excludes halogenated alkanes) is 2. The molecule has 0 aromatic heterocycles. The summed E-state index contributed by atoms with van der Waals surface area (Å²) in [5.74, 6) is 0.531. The maximum Gasteiger partial charge on any atom is 0.152 e. The Bertz CT molecular complexity index is 401. The standard InChI is InChI=1S/C13H21NO2S/c1-2-3-7-11-17(15,16)12-10-14-13-8-5-4-6-9-13/h4-6,8-9,14H,2-3,7,10-12H2,1H3. The van der Waals surface area contributed by atoms with Gasteiger partial charge < -0.3 is 5.32 Å². The predicted molar refractivity (Wildman–Crippen MR) is 73.1 cm³/mol. The van der Waals surface area contributed by atoms with Crippen LogP contribution < -0.4 is 5.32 Å². The van der Waals surface area contributed by atoms with Gasteiger partial charge in [0.05, 0.1) is 11.5 Å². The Balaban J connectivity index is 2.26. The van der Waals surface area contributed by atoms with Gasteiger partial charge >= 0.3 is 0 Å². The Morgan fingerprint density at radius 2 is 1.76 bits per heavy atom. The van der Waals surface area contributed by atoms with Crippen molar-refractivity contribution in [3.8, 4) is 0 Å². The van der Waals surface area contributed by atoms with E-state index in [-0.39, 0.29) is 5.75 Å². The molecule has 1 aromatic rings. The molecule has 0 saturated heterocycles. The van der Waals surface area contributed by atoms with Crippen LogP contribution in [0.4, 0.5) is 5.69 Å². The molecule has 4 heteroatoms. The van der Waals surface area contributed by atoms with E-state index in [9.17, 15) is 8.42 Å². The van der Waals surface area contributed by atoms with Crippen LogP contribution in [0.2, 0.25) is 0 Å². The minimum Gasteiger partial charge on any atom is -0.384 e. The van der Waals surface area contributed by atoms with Crippen LogP contribution in [-0.4, -0.2) is 26.5 Å². The number of nitrogens with one attached hydrogen (secondary N) is 1. The first-order valence-corrected chi connectivity index (χ1v) is 7.95. The summed E-state index contributed by atoms with van der Waals surface area (Å²) >= 11 is 0. The van der Waals surface area contributed by atoms with Crippen molar-refractivity contribution in [3.05, 3.63) is 30.3 Å². The molecule has 0 fully saturated rings. The summed E-state index contributed by atoms with van der Waals surface area (Å²) in [5, 5.41) is 3.11. The molecule has 0 radical (unpaired) electrons. The molecule has 0 spiro atoms. The van der Waals surface area contributed by atoms with E-state index in [4.69, 9.17) is 0 Å². The molecule has 1 N–H and O–H groups in total. The highest BCUT2D eigenvalue weighted by Crippen LogP contribution is 2.05. The Labute approximate surface area is 104 Å². The summed E-state index contributed by atoms with van der Waals surface area (Å²) in [6, 6.07) is 9.66. The number of para-hydroxylation sites is 1. The van der Waals surface area contributed by atoms with Crippen LogP contribution in [0, 0.1) is 0 Å². The van der Waals surface area contributed by atoms with Gasteiger partial charge in [0.15, 0.2) is 9.84 Å². The monoisotopic (exact) mass is 255 g/mol. The SMILES string of the molecule is CCCCCS(=O)(=O)CCNc1ccccc1. The van der Waals surface area contributed by atoms with Crippen LogP contribution in [0.3, 0.4) is 0 Å². The quantitative estimate of drug-likeness (QED) is 0.726. The molecule has 0 atom stereocenters. The smallest absolute Gasteiger partial charge is 0.152 e. The van der Waals surface area contributed by atoms with E-state index in [0.29, 0.717) is 12.3 Å². The Morgan fingerprint density at radius 1 is 1.06 bits per heavy atom. The maximum absolute atomic E-state index is 11.7. The van der Waals surface area contributed by atoms with E-state index in [2.05, 4.69) is 12.2 Å². The molecule has 1 rings (SSSR count). The van der Waals surface area contributed by atoms with Crippen LogP contribution in [0.25, 0.3) is 0 Å². The van der Waals surface area contributed by atoms with Gasteiger partial charge in [0.2, 0.25) is 0 Å². The van der Waals surface area contributed by atoms with Gasteiger partial charge in [-0.3, -0.25) is 0 Å². The highest BCUT2D eigenvalue weighted by atomic mass is 32.2. The molecule has 0 aliphatic rings. The summed E-state index contributed by atoms with van der Waals surface area (Å²) in [7, 11) is -2.89. The van der Waals surface area contributed by atoms with E-state index >= 15 is 0 Å². The summed E-state index contributed by atoms with van der Waals surface area (Å²) in [4.78, 5) is 0. The predicted octanol–water partition coefficient (Wildman–Crippen LogP) is 2.70. The summed E-state index contributed by atoms with van der Waals surface area (Å²) in [6.45, 7) is 2.56. The van der Waals surface area contributed by atoms with Crippen molar-refractivity contribution >= 4 is 15.5 Å². The second kappa shape index (κ2) is 7.33. The second-order valence-electron chi connectivity index (χ2n) is 4.15. The van der Waals surface area contributed by atoms with E-state index in [0.717, 1.165) is 24.9 Å². The first kappa shape index (κ1) is 14.0. The van der Waals surface area contributed by atoms with Crippen molar-refractivity contribution in [3.63, 3.8) is 0 Å². The molecule has 1 aromatic carbocycles. The van der Waals surface area contributed by atoms with Crippen LogP contribution in [0.15, 0.2) is 30.3 Å². The van der Waals surface area contributed by atoms with E-state index < -0.39 is 9.84 Å². The lowest BCUT2D eigenvalue weighted by Crippen LogP contribution is -2.18. The highest BCUT2D eigenvalue weighted by molar-refractivity contribution is 7.91. The third-order valence-corrected chi connectivity index (χ3v) is 4.31. The lowest BCUT2D eigenvalue weighted by molar-refractivity contribution is 0.591. The fourth-order valence-corrected chi connectivity index (χ4v) is 2.84. The average Bonchev–Trinajstić information content (AvgIpc) is 2.30. The zero-order chi connectivity index (χ0) is 12.6. The Hall–Kier alpha value is -1.03. The van der Waals surface area contributed by atoms with Crippen LogP contribution in [0.1, 0.15) is 26.2 Å². The first-order chi connectivity index (χ1) is 8.14. The number of hydrogen-bond acceptors (Lipinski definition) is 3. The summed E-state index contributed by atoms with van der Waals surface area (Å²) in [5.41, 5.74) is 0.969. The molecule has 96 valence electrons. The van der Waals surface area contributed by atoms with Gasteiger partial charge in [-0.15, -0.1) is 0 Å². The zero-order valence-corrected chi connectivity index (χ0v) is 11.2. The van der Waals surface area contributed by atoms with Crippen molar-refractivity contribution in [1.82, 2.24) is 0 Å². The van der Waals surface area contributed by atoms with Crippen LogP contribution in [-0.2, 0) is 9.84 Å². The molecule has 0 aliphatic heterocycles. The van der Waals surface area contributed by atoms with Gasteiger partial charge in [0, 0.05) is 12.2 Å². The number of anilines is 1. The fraction of sp³-hybridized carbons (Fsp3) is 0.538. The summed E-state index contributed by atoms with van der Waals surface area (Å²) in [6.07, 6.45) is 2.83. The van der Waals surface area contributed by atoms with Crippen molar-refractivity contribution in [2.45, 2.75) is 26.2 Å². The first-order valence-electron chi connectivity index (χ1n) is 6.13. The molecule has 0 unspecified atom stereocenters. The highest BCUT2D eigenvalue weighted by Gasteiger charge is 2.09. The van der Waals surface area contributed by atoms with Gasteiger partial charge in [0.25, 0.3) is 0 Å². The molecular formula is C13H21NO2S. The third-order valence-electron chi connectivity index (χ3n) is 2.57. The van der Waals surface area contributed by atoms with Gasteiger partial charge in [-0.2, -0.15) is 0 Å². The van der Waals surface area contributed by atoms with Crippen molar-refractivity contribution in [1.29, 1.82) is 0 Å². The molecule has 0 bridgehead atoms. The second-order valence-corrected chi connectivity index (χ2v) is 6.46. The van der Waals surface area contributed by atoms with Gasteiger partial charge in [-0.05, 0) is 18.6 Å². The van der Waals surface area contributed by atoms with Crippen molar-refractivity contribution in [2.24, 2.45) is 0 Å². The third kappa shape index (κ3) is 6.31.